The molecule has 0 fully saturated rings. The Morgan fingerprint density at radius 2 is 2.19 bits per heavy atom. The van der Waals surface area contributed by atoms with Crippen LogP contribution < -0.4 is 5.32 Å². The standard InChI is InChI=1S/C16H16BrN3S/c1-12(16-9-14(17)11-21-16)18-10-13-5-2-3-6-15(13)20-8-4-7-19-20/h2-9,11-12,18H,10H2,1H3. The Kier molecular flexibility index (Phi) is 4.53. The van der Waals surface area contributed by atoms with Gasteiger partial charge < -0.3 is 5.32 Å². The van der Waals surface area contributed by atoms with E-state index in [-0.39, 0.29) is 0 Å². The van der Waals surface area contributed by atoms with Crippen molar-refractivity contribution in [2.75, 3.05) is 0 Å². The molecule has 2 heterocycles. The van der Waals surface area contributed by atoms with Crippen molar-refractivity contribution in [1.29, 1.82) is 0 Å². The maximum Gasteiger partial charge on any atom is 0.0690 e. The second-order valence-corrected chi connectivity index (χ2v) is 6.71. The van der Waals surface area contributed by atoms with E-state index in [1.807, 2.05) is 23.0 Å². The lowest BCUT2D eigenvalue weighted by atomic mass is 10.1. The van der Waals surface area contributed by atoms with Gasteiger partial charge in [-0.2, -0.15) is 5.10 Å². The zero-order valence-corrected chi connectivity index (χ0v) is 14.1. The van der Waals surface area contributed by atoms with Gasteiger partial charge in [-0.15, -0.1) is 11.3 Å². The molecule has 5 heteroatoms. The third kappa shape index (κ3) is 3.43. The lowest BCUT2D eigenvalue weighted by molar-refractivity contribution is 0.580. The lowest BCUT2D eigenvalue weighted by Gasteiger charge is -2.14. The van der Waals surface area contributed by atoms with Crippen molar-refractivity contribution in [3.63, 3.8) is 0 Å². The predicted molar refractivity (Wildman–Crippen MR) is 90.8 cm³/mol. The van der Waals surface area contributed by atoms with E-state index in [0.717, 1.165) is 16.7 Å². The molecule has 0 aliphatic rings. The number of halogens is 1. The number of hydrogen-bond donors (Lipinski definition) is 1. The van der Waals surface area contributed by atoms with Gasteiger partial charge in [-0.3, -0.25) is 0 Å². The molecule has 0 spiro atoms. The summed E-state index contributed by atoms with van der Waals surface area (Å²) in [4.78, 5) is 1.33. The van der Waals surface area contributed by atoms with Crippen LogP contribution in [-0.4, -0.2) is 9.78 Å². The van der Waals surface area contributed by atoms with Gasteiger partial charge in [0.1, 0.15) is 0 Å². The number of aromatic nitrogens is 2. The number of benzene rings is 1. The Hall–Kier alpha value is -1.43. The highest BCUT2D eigenvalue weighted by Gasteiger charge is 2.09. The van der Waals surface area contributed by atoms with Crippen LogP contribution in [0.2, 0.25) is 0 Å². The Morgan fingerprint density at radius 3 is 2.90 bits per heavy atom. The van der Waals surface area contributed by atoms with Crippen LogP contribution in [0.15, 0.2) is 58.6 Å². The van der Waals surface area contributed by atoms with E-state index in [1.165, 1.54) is 10.4 Å². The summed E-state index contributed by atoms with van der Waals surface area (Å²) in [5.74, 6) is 0. The second kappa shape index (κ2) is 6.56. The predicted octanol–water partition coefficient (Wildman–Crippen LogP) is 4.55. The van der Waals surface area contributed by atoms with Gasteiger partial charge >= 0.3 is 0 Å². The monoisotopic (exact) mass is 361 g/mol. The summed E-state index contributed by atoms with van der Waals surface area (Å²) in [5.41, 5.74) is 2.36. The highest BCUT2D eigenvalue weighted by atomic mass is 79.9. The summed E-state index contributed by atoms with van der Waals surface area (Å²) in [6, 6.07) is 12.8. The molecule has 0 radical (unpaired) electrons. The van der Waals surface area contributed by atoms with Crippen LogP contribution in [0, 0.1) is 0 Å². The molecule has 1 atom stereocenters. The molecule has 108 valence electrons. The minimum atomic E-state index is 0.326. The van der Waals surface area contributed by atoms with Crippen LogP contribution in [0.1, 0.15) is 23.4 Å². The number of thiophene rings is 1. The molecule has 0 amide bonds. The van der Waals surface area contributed by atoms with Crippen molar-refractivity contribution in [3.05, 3.63) is 69.1 Å². The van der Waals surface area contributed by atoms with Crippen LogP contribution in [0.4, 0.5) is 0 Å². The number of rotatable bonds is 5. The van der Waals surface area contributed by atoms with Gasteiger partial charge in [0.2, 0.25) is 0 Å². The quantitative estimate of drug-likeness (QED) is 0.722. The van der Waals surface area contributed by atoms with E-state index < -0.39 is 0 Å². The van der Waals surface area contributed by atoms with Gasteiger partial charge in [-0.05, 0) is 46.6 Å². The van der Waals surface area contributed by atoms with Gasteiger partial charge in [0, 0.05) is 39.7 Å². The van der Waals surface area contributed by atoms with Crippen LogP contribution in [-0.2, 0) is 6.54 Å². The van der Waals surface area contributed by atoms with E-state index >= 15 is 0 Å². The number of hydrogen-bond acceptors (Lipinski definition) is 3. The van der Waals surface area contributed by atoms with Crippen molar-refractivity contribution in [2.24, 2.45) is 0 Å². The topological polar surface area (TPSA) is 29.9 Å². The Morgan fingerprint density at radius 1 is 1.33 bits per heavy atom. The van der Waals surface area contributed by atoms with Gasteiger partial charge in [0.15, 0.2) is 0 Å². The minimum absolute atomic E-state index is 0.326. The Bertz CT molecular complexity index is 706. The van der Waals surface area contributed by atoms with E-state index in [4.69, 9.17) is 0 Å². The van der Waals surface area contributed by atoms with Crippen molar-refractivity contribution < 1.29 is 0 Å². The number of nitrogens with one attached hydrogen (secondary N) is 1. The second-order valence-electron chi connectivity index (χ2n) is 4.85. The van der Waals surface area contributed by atoms with Crippen LogP contribution in [0.25, 0.3) is 5.69 Å². The zero-order valence-electron chi connectivity index (χ0n) is 11.7. The minimum Gasteiger partial charge on any atom is -0.305 e. The van der Waals surface area contributed by atoms with Crippen molar-refractivity contribution >= 4 is 27.3 Å². The first-order chi connectivity index (χ1) is 10.2. The van der Waals surface area contributed by atoms with Crippen LogP contribution >= 0.6 is 27.3 Å². The third-order valence-electron chi connectivity index (χ3n) is 3.36. The normalized spacial score (nSPS) is 12.5. The van der Waals surface area contributed by atoms with Gasteiger partial charge in [-0.25, -0.2) is 4.68 Å². The van der Waals surface area contributed by atoms with Gasteiger partial charge in [0.25, 0.3) is 0 Å². The number of nitrogens with zero attached hydrogens (tertiary/aromatic N) is 2. The van der Waals surface area contributed by atoms with Crippen molar-refractivity contribution in [2.45, 2.75) is 19.5 Å². The van der Waals surface area contributed by atoms with Crippen LogP contribution in [0.5, 0.6) is 0 Å². The summed E-state index contributed by atoms with van der Waals surface area (Å²) < 4.78 is 3.05. The summed E-state index contributed by atoms with van der Waals surface area (Å²) >= 11 is 5.27. The van der Waals surface area contributed by atoms with Gasteiger partial charge in [-0.1, -0.05) is 18.2 Å². The maximum atomic E-state index is 4.32. The molecule has 1 N–H and O–H groups in total. The molecule has 0 bridgehead atoms. The molecule has 1 aromatic carbocycles. The summed E-state index contributed by atoms with van der Waals surface area (Å²) in [6.45, 7) is 3.00. The fourth-order valence-corrected chi connectivity index (χ4v) is 3.69. The molecular weight excluding hydrogens is 346 g/mol. The number of para-hydroxylation sites is 1. The van der Waals surface area contributed by atoms with Gasteiger partial charge in [0.05, 0.1) is 5.69 Å². The third-order valence-corrected chi connectivity index (χ3v) is 5.23. The van der Waals surface area contributed by atoms with Crippen LogP contribution in [0.3, 0.4) is 0 Å². The first kappa shape index (κ1) is 14.5. The molecule has 0 aliphatic heterocycles. The highest BCUT2D eigenvalue weighted by molar-refractivity contribution is 9.10. The highest BCUT2D eigenvalue weighted by Crippen LogP contribution is 2.25. The average Bonchev–Trinajstić information content (AvgIpc) is 3.16. The maximum absolute atomic E-state index is 4.32. The SMILES string of the molecule is CC(NCc1ccccc1-n1cccn1)c1cc(Br)cs1. The Labute approximate surface area is 136 Å². The summed E-state index contributed by atoms with van der Waals surface area (Å²) in [5, 5.41) is 10.0. The Balaban J connectivity index is 1.74. The largest absolute Gasteiger partial charge is 0.305 e. The first-order valence-corrected chi connectivity index (χ1v) is 8.46. The molecule has 0 saturated heterocycles. The zero-order chi connectivity index (χ0) is 14.7. The van der Waals surface area contributed by atoms with Crippen molar-refractivity contribution in [1.82, 2.24) is 15.1 Å². The molecular formula is C16H16BrN3S. The van der Waals surface area contributed by atoms with E-state index in [1.54, 1.807) is 17.5 Å². The summed E-state index contributed by atoms with van der Waals surface area (Å²) in [6.07, 6.45) is 3.77. The molecule has 3 aromatic rings. The molecule has 1 unspecified atom stereocenters. The average molecular weight is 362 g/mol. The van der Waals surface area contributed by atoms with Crippen molar-refractivity contribution in [3.8, 4) is 5.69 Å². The summed E-state index contributed by atoms with van der Waals surface area (Å²) in [7, 11) is 0. The molecule has 3 nitrogen and oxygen atoms in total. The molecule has 21 heavy (non-hydrogen) atoms. The van der Waals surface area contributed by atoms with E-state index in [2.05, 4.69) is 62.9 Å². The fourth-order valence-electron chi connectivity index (χ4n) is 2.21. The molecule has 3 rings (SSSR count). The molecule has 0 saturated carbocycles. The fraction of sp³-hybridized carbons (Fsp3) is 0.188. The smallest absolute Gasteiger partial charge is 0.0690 e. The lowest BCUT2D eigenvalue weighted by Crippen LogP contribution is -2.18. The van der Waals surface area contributed by atoms with E-state index in [0.29, 0.717) is 6.04 Å². The first-order valence-electron chi connectivity index (χ1n) is 6.79. The molecule has 2 aromatic heterocycles. The molecule has 0 aliphatic carbocycles. The van der Waals surface area contributed by atoms with E-state index in [9.17, 15) is 0 Å².